The molecule has 1 amide bonds. The van der Waals surface area contributed by atoms with Gasteiger partial charge in [-0.1, -0.05) is 0 Å². The number of furan rings is 1. The molecule has 1 saturated heterocycles. The summed E-state index contributed by atoms with van der Waals surface area (Å²) in [5.74, 6) is 1.24. The molecule has 0 bridgehead atoms. The number of aryl methyl sites for hydroxylation is 2. The van der Waals surface area contributed by atoms with E-state index in [-0.39, 0.29) is 5.91 Å². The van der Waals surface area contributed by atoms with Gasteiger partial charge in [-0.15, -0.1) is 0 Å². The number of hydrogen-bond donors (Lipinski definition) is 1. The van der Waals surface area contributed by atoms with Gasteiger partial charge in [-0.05, 0) is 30.5 Å². The number of amides is 1. The summed E-state index contributed by atoms with van der Waals surface area (Å²) in [6, 6.07) is 3.44. The fourth-order valence-corrected chi connectivity index (χ4v) is 3.10. The molecule has 0 saturated carbocycles. The molecule has 1 aliphatic rings. The van der Waals surface area contributed by atoms with E-state index in [4.69, 9.17) is 4.42 Å². The Morgan fingerprint density at radius 3 is 2.69 bits per heavy atom. The Morgan fingerprint density at radius 2 is 2.08 bits per heavy atom. The van der Waals surface area contributed by atoms with E-state index in [0.29, 0.717) is 18.8 Å². The second-order valence-corrected chi connectivity index (χ2v) is 6.36. The van der Waals surface area contributed by atoms with Crippen molar-refractivity contribution in [3.63, 3.8) is 0 Å². The molecule has 8 nitrogen and oxygen atoms in total. The molecule has 2 aromatic heterocycles. The molecule has 0 radical (unpaired) electrons. The molecule has 140 valence electrons. The first-order valence-corrected chi connectivity index (χ1v) is 8.93. The molecule has 8 heteroatoms. The highest BCUT2D eigenvalue weighted by Crippen LogP contribution is 2.09. The fourth-order valence-electron chi connectivity index (χ4n) is 3.10. The normalized spacial score (nSPS) is 15.4. The predicted molar refractivity (Wildman–Crippen MR) is 99.1 cm³/mol. The van der Waals surface area contributed by atoms with Crippen molar-refractivity contribution in [1.82, 2.24) is 24.9 Å². The Kier molecular flexibility index (Phi) is 5.93. The molecule has 3 heterocycles. The molecule has 3 rings (SSSR count). The van der Waals surface area contributed by atoms with E-state index in [1.54, 1.807) is 19.2 Å². The number of hydrogen-bond acceptors (Lipinski definition) is 4. The molecule has 26 heavy (non-hydrogen) atoms. The SMILES string of the molecule is CN=C(NCCCc1cnn(C)c1)N1CCN(C(=O)c2ccco2)CC1. The highest BCUT2D eigenvalue weighted by Gasteiger charge is 2.24. The lowest BCUT2D eigenvalue weighted by Gasteiger charge is -2.36. The van der Waals surface area contributed by atoms with E-state index in [1.165, 1.54) is 11.8 Å². The molecule has 0 atom stereocenters. The van der Waals surface area contributed by atoms with Crippen LogP contribution in [0, 0.1) is 0 Å². The van der Waals surface area contributed by atoms with E-state index in [2.05, 4.69) is 20.3 Å². The molecule has 0 spiro atoms. The molecule has 1 N–H and O–H groups in total. The number of guanidine groups is 1. The summed E-state index contributed by atoms with van der Waals surface area (Å²) in [6.07, 6.45) is 7.49. The van der Waals surface area contributed by atoms with E-state index in [1.807, 2.05) is 29.0 Å². The van der Waals surface area contributed by atoms with Crippen LogP contribution in [0.1, 0.15) is 22.5 Å². The Morgan fingerprint density at radius 1 is 1.31 bits per heavy atom. The van der Waals surface area contributed by atoms with Gasteiger partial charge in [0, 0.05) is 53.0 Å². The van der Waals surface area contributed by atoms with Crippen molar-refractivity contribution in [1.29, 1.82) is 0 Å². The standard InChI is InChI=1S/C18H26N6O2/c1-19-18(20-7-3-5-15-13-21-22(2)14-15)24-10-8-23(9-11-24)17(25)16-6-4-12-26-16/h4,6,12-14H,3,5,7-11H2,1-2H3,(H,19,20). The number of aliphatic imine (C=N–C) groups is 1. The summed E-state index contributed by atoms with van der Waals surface area (Å²) in [4.78, 5) is 20.7. The second-order valence-electron chi connectivity index (χ2n) is 6.36. The van der Waals surface area contributed by atoms with Gasteiger partial charge in [-0.3, -0.25) is 14.5 Å². The van der Waals surface area contributed by atoms with Gasteiger partial charge in [0.2, 0.25) is 0 Å². The maximum atomic E-state index is 12.3. The number of aromatic nitrogens is 2. The van der Waals surface area contributed by atoms with Crippen LogP contribution >= 0.6 is 0 Å². The van der Waals surface area contributed by atoms with Crippen LogP contribution in [0.15, 0.2) is 40.2 Å². The van der Waals surface area contributed by atoms with Crippen LogP contribution in [-0.4, -0.2) is 71.2 Å². The Hall–Kier alpha value is -2.77. The summed E-state index contributed by atoms with van der Waals surface area (Å²) in [6.45, 7) is 3.70. The van der Waals surface area contributed by atoms with Crippen molar-refractivity contribution in [3.8, 4) is 0 Å². The monoisotopic (exact) mass is 358 g/mol. The first-order valence-electron chi connectivity index (χ1n) is 8.93. The van der Waals surface area contributed by atoms with Crippen LogP contribution in [-0.2, 0) is 13.5 Å². The Labute approximate surface area is 153 Å². The van der Waals surface area contributed by atoms with Crippen LogP contribution < -0.4 is 5.32 Å². The van der Waals surface area contributed by atoms with Gasteiger partial charge in [-0.2, -0.15) is 5.10 Å². The highest BCUT2D eigenvalue weighted by molar-refractivity contribution is 5.91. The summed E-state index contributed by atoms with van der Waals surface area (Å²) < 4.78 is 7.03. The van der Waals surface area contributed by atoms with E-state index < -0.39 is 0 Å². The molecular weight excluding hydrogens is 332 g/mol. The van der Waals surface area contributed by atoms with Crippen molar-refractivity contribution < 1.29 is 9.21 Å². The molecule has 1 aliphatic heterocycles. The minimum atomic E-state index is -0.0472. The zero-order valence-corrected chi connectivity index (χ0v) is 15.4. The average Bonchev–Trinajstić information content (AvgIpc) is 3.33. The minimum Gasteiger partial charge on any atom is -0.459 e. The number of nitrogens with zero attached hydrogens (tertiary/aromatic N) is 5. The molecular formula is C18H26N6O2. The molecule has 2 aromatic rings. The van der Waals surface area contributed by atoms with Crippen molar-refractivity contribution in [2.45, 2.75) is 12.8 Å². The minimum absolute atomic E-state index is 0.0472. The van der Waals surface area contributed by atoms with Crippen LogP contribution in [0.25, 0.3) is 0 Å². The van der Waals surface area contributed by atoms with Gasteiger partial charge >= 0.3 is 0 Å². The fraction of sp³-hybridized carbons (Fsp3) is 0.500. The number of nitrogens with one attached hydrogen (secondary N) is 1. The topological polar surface area (TPSA) is 78.9 Å². The zero-order chi connectivity index (χ0) is 18.4. The van der Waals surface area contributed by atoms with E-state index in [9.17, 15) is 4.79 Å². The number of rotatable bonds is 5. The summed E-state index contributed by atoms with van der Waals surface area (Å²) >= 11 is 0. The van der Waals surface area contributed by atoms with Crippen LogP contribution in [0.2, 0.25) is 0 Å². The Bertz CT molecular complexity index is 729. The first-order chi connectivity index (χ1) is 12.7. The number of piperazine rings is 1. The zero-order valence-electron chi connectivity index (χ0n) is 15.4. The van der Waals surface area contributed by atoms with Crippen LogP contribution in [0.5, 0.6) is 0 Å². The van der Waals surface area contributed by atoms with E-state index >= 15 is 0 Å². The van der Waals surface area contributed by atoms with Crippen LogP contribution in [0.4, 0.5) is 0 Å². The van der Waals surface area contributed by atoms with E-state index in [0.717, 1.165) is 38.4 Å². The second kappa shape index (κ2) is 8.55. The quantitative estimate of drug-likeness (QED) is 0.490. The highest BCUT2D eigenvalue weighted by atomic mass is 16.3. The maximum absolute atomic E-state index is 12.3. The number of carbonyl (C=O) groups is 1. The molecule has 1 fully saturated rings. The van der Waals surface area contributed by atoms with Gasteiger partial charge in [0.05, 0.1) is 12.5 Å². The van der Waals surface area contributed by atoms with Crippen molar-refractivity contribution in [2.24, 2.45) is 12.0 Å². The van der Waals surface area contributed by atoms with Gasteiger partial charge < -0.3 is 19.5 Å². The molecule has 0 unspecified atom stereocenters. The lowest BCUT2D eigenvalue weighted by Crippen LogP contribution is -2.53. The lowest BCUT2D eigenvalue weighted by molar-refractivity contribution is 0.0658. The van der Waals surface area contributed by atoms with Gasteiger partial charge in [0.15, 0.2) is 11.7 Å². The first kappa shape index (κ1) is 18.0. The lowest BCUT2D eigenvalue weighted by atomic mass is 10.2. The number of carbonyl (C=O) groups excluding carboxylic acids is 1. The smallest absolute Gasteiger partial charge is 0.289 e. The predicted octanol–water partition coefficient (Wildman–Crippen LogP) is 0.979. The van der Waals surface area contributed by atoms with Gasteiger partial charge in [0.1, 0.15) is 0 Å². The summed E-state index contributed by atoms with van der Waals surface area (Å²) in [5, 5.41) is 7.60. The average molecular weight is 358 g/mol. The van der Waals surface area contributed by atoms with Gasteiger partial charge in [-0.25, -0.2) is 0 Å². The van der Waals surface area contributed by atoms with Crippen molar-refractivity contribution in [2.75, 3.05) is 39.8 Å². The Balaban J connectivity index is 1.41. The largest absolute Gasteiger partial charge is 0.459 e. The maximum Gasteiger partial charge on any atom is 0.289 e. The molecule has 0 aromatic carbocycles. The van der Waals surface area contributed by atoms with Crippen LogP contribution in [0.3, 0.4) is 0 Å². The summed E-state index contributed by atoms with van der Waals surface area (Å²) in [5.41, 5.74) is 1.24. The third kappa shape index (κ3) is 4.44. The third-order valence-electron chi connectivity index (χ3n) is 4.49. The summed E-state index contributed by atoms with van der Waals surface area (Å²) in [7, 11) is 3.73. The van der Waals surface area contributed by atoms with Gasteiger partial charge in [0.25, 0.3) is 5.91 Å². The van der Waals surface area contributed by atoms with Crippen molar-refractivity contribution in [3.05, 3.63) is 42.1 Å². The molecule has 0 aliphatic carbocycles. The van der Waals surface area contributed by atoms with Crippen molar-refractivity contribution >= 4 is 11.9 Å². The third-order valence-corrected chi connectivity index (χ3v) is 4.49.